The number of anilines is 1. The Kier molecular flexibility index (Phi) is 10.2. The van der Waals surface area contributed by atoms with Crippen molar-refractivity contribution in [2.45, 2.75) is 102 Å². The summed E-state index contributed by atoms with van der Waals surface area (Å²) in [7, 11) is 1.74. The number of likely N-dealkylation sites (tertiary alicyclic amines) is 1. The molecular weight excluding hydrogens is 646 g/mol. The van der Waals surface area contributed by atoms with E-state index in [4.69, 9.17) is 4.74 Å². The number of benzene rings is 1. The summed E-state index contributed by atoms with van der Waals surface area (Å²) in [5.41, 5.74) is -1.71. The van der Waals surface area contributed by atoms with Crippen molar-refractivity contribution >= 4 is 12.0 Å². The summed E-state index contributed by atoms with van der Waals surface area (Å²) in [4.78, 5) is 25.7. The minimum Gasteiger partial charge on any atom is -0.446 e. The second-order valence-electron chi connectivity index (χ2n) is 12.5. The number of hydrogen-bond acceptors (Lipinski definition) is 8. The molecule has 0 unspecified atom stereocenters. The Hall–Kier alpha value is -3.92. The minimum atomic E-state index is -5.01. The van der Waals surface area contributed by atoms with Gasteiger partial charge in [0.15, 0.2) is 6.29 Å². The van der Waals surface area contributed by atoms with Gasteiger partial charge in [0.25, 0.3) is 0 Å². The summed E-state index contributed by atoms with van der Waals surface area (Å²) in [6.45, 7) is 3.41. The Labute approximate surface area is 273 Å². The standard InChI is InChI=1S/C32H38F6N6O4/c1-4-24-11-26(12-25(5-2)44(24)30(47)48-27-8-19(9-27)28(45)46)43(29-39-13-20(14-40-29)21-15-41-42(3)17-21)16-18-6-22(31(33,34)35)10-23(7-18)32(36,37)38/h6-7,10,13-15,17,19,24-28,45-46H,4-5,8-9,11-12,16H2,1-3H3/t19-,24-,25+,26+,27-. The molecule has 2 aliphatic rings. The first-order chi connectivity index (χ1) is 22.6. The number of rotatable bonds is 9. The fraction of sp³-hybridized carbons (Fsp3) is 0.562. The smallest absolute Gasteiger partial charge is 0.416 e. The van der Waals surface area contributed by atoms with E-state index in [1.165, 1.54) is 12.4 Å². The van der Waals surface area contributed by atoms with Crippen LogP contribution in [-0.4, -0.2) is 71.5 Å². The number of alkyl halides is 6. The van der Waals surface area contributed by atoms with Crippen molar-refractivity contribution in [1.82, 2.24) is 24.6 Å². The lowest BCUT2D eigenvalue weighted by atomic mass is 9.82. The van der Waals surface area contributed by atoms with Crippen molar-refractivity contribution in [1.29, 1.82) is 0 Å². The number of ether oxygens (including phenoxy) is 1. The molecule has 0 radical (unpaired) electrons. The lowest BCUT2D eigenvalue weighted by Crippen LogP contribution is -2.57. The molecule has 10 nitrogen and oxygen atoms in total. The highest BCUT2D eigenvalue weighted by Gasteiger charge is 2.44. The number of carbonyl (C=O) groups is 1. The van der Waals surface area contributed by atoms with Gasteiger partial charge in [0.1, 0.15) is 6.10 Å². The van der Waals surface area contributed by atoms with Gasteiger partial charge >= 0.3 is 18.4 Å². The van der Waals surface area contributed by atoms with Gasteiger partial charge in [-0.3, -0.25) is 4.68 Å². The third kappa shape index (κ3) is 7.86. The molecule has 1 saturated heterocycles. The van der Waals surface area contributed by atoms with Crippen molar-refractivity contribution in [3.63, 3.8) is 0 Å². The number of carbonyl (C=O) groups excluding carboxylic acids is 1. The molecule has 16 heteroatoms. The summed E-state index contributed by atoms with van der Waals surface area (Å²) < 4.78 is 89.9. The largest absolute Gasteiger partial charge is 0.446 e. The number of amides is 1. The number of aliphatic hydroxyl groups is 2. The predicted molar refractivity (Wildman–Crippen MR) is 161 cm³/mol. The Morgan fingerprint density at radius 2 is 1.48 bits per heavy atom. The molecule has 3 atom stereocenters. The molecule has 0 bridgehead atoms. The Morgan fingerprint density at radius 3 is 1.94 bits per heavy atom. The molecule has 48 heavy (non-hydrogen) atoms. The van der Waals surface area contributed by atoms with Crippen LogP contribution in [0.2, 0.25) is 0 Å². The highest BCUT2D eigenvalue weighted by molar-refractivity contribution is 5.69. The average Bonchev–Trinajstić information content (AvgIpc) is 3.45. The third-order valence-corrected chi connectivity index (χ3v) is 9.22. The van der Waals surface area contributed by atoms with E-state index >= 15 is 0 Å². The molecule has 1 aliphatic carbocycles. The van der Waals surface area contributed by atoms with E-state index in [2.05, 4.69) is 15.1 Å². The van der Waals surface area contributed by atoms with Gasteiger partial charge in [0, 0.05) is 67.4 Å². The maximum Gasteiger partial charge on any atom is 0.416 e. The summed E-state index contributed by atoms with van der Waals surface area (Å²) >= 11 is 0. The third-order valence-electron chi connectivity index (χ3n) is 9.22. The van der Waals surface area contributed by atoms with Crippen LogP contribution in [0.15, 0.2) is 43.0 Å². The zero-order chi connectivity index (χ0) is 35.0. The first kappa shape index (κ1) is 35.4. The van der Waals surface area contributed by atoms with Crippen molar-refractivity contribution < 1.29 is 46.1 Å². The Balaban J connectivity index is 1.47. The van der Waals surface area contributed by atoms with Gasteiger partial charge in [0.05, 0.1) is 17.3 Å². The molecule has 3 aromatic rings. The van der Waals surface area contributed by atoms with Crippen LogP contribution in [0.1, 0.15) is 69.1 Å². The summed E-state index contributed by atoms with van der Waals surface area (Å²) in [6.07, 6.45) is -3.80. The van der Waals surface area contributed by atoms with E-state index in [1.54, 1.807) is 33.9 Å². The van der Waals surface area contributed by atoms with Gasteiger partial charge < -0.3 is 24.7 Å². The van der Waals surface area contributed by atoms with E-state index in [0.717, 1.165) is 5.56 Å². The summed E-state index contributed by atoms with van der Waals surface area (Å²) in [6, 6.07) is 0.318. The number of aliphatic hydroxyl groups excluding tert-OH is 1. The topological polar surface area (TPSA) is 117 Å². The molecule has 1 aromatic carbocycles. The molecule has 1 aliphatic heterocycles. The molecule has 2 aromatic heterocycles. The van der Waals surface area contributed by atoms with E-state index < -0.39 is 48.0 Å². The average molecular weight is 685 g/mol. The maximum atomic E-state index is 13.8. The second-order valence-corrected chi connectivity index (χ2v) is 12.5. The molecular formula is C32H38F6N6O4. The maximum absolute atomic E-state index is 13.8. The Bertz CT molecular complexity index is 1510. The fourth-order valence-electron chi connectivity index (χ4n) is 6.54. The number of aromatic nitrogens is 4. The number of piperidine rings is 1. The predicted octanol–water partition coefficient (Wildman–Crippen LogP) is 6.17. The van der Waals surface area contributed by atoms with Gasteiger partial charge in [-0.2, -0.15) is 31.4 Å². The van der Waals surface area contributed by atoms with Crippen LogP contribution < -0.4 is 4.90 Å². The van der Waals surface area contributed by atoms with Crippen LogP contribution in [0.3, 0.4) is 0 Å². The van der Waals surface area contributed by atoms with Gasteiger partial charge in [-0.05, 0) is 62.3 Å². The molecule has 1 amide bonds. The zero-order valence-electron chi connectivity index (χ0n) is 26.6. The summed E-state index contributed by atoms with van der Waals surface area (Å²) in [5.74, 6) is -0.258. The monoisotopic (exact) mass is 684 g/mol. The molecule has 2 fully saturated rings. The lowest BCUT2D eigenvalue weighted by Gasteiger charge is -2.48. The van der Waals surface area contributed by atoms with E-state index in [9.17, 15) is 41.4 Å². The normalized spacial score (nSPS) is 23.2. The van der Waals surface area contributed by atoms with Crippen LogP contribution in [0, 0.1) is 5.92 Å². The van der Waals surface area contributed by atoms with Gasteiger partial charge in [-0.25, -0.2) is 14.8 Å². The second kappa shape index (κ2) is 13.9. The van der Waals surface area contributed by atoms with E-state index in [-0.39, 0.29) is 42.1 Å². The van der Waals surface area contributed by atoms with Crippen LogP contribution in [0.25, 0.3) is 11.1 Å². The van der Waals surface area contributed by atoms with E-state index in [0.29, 0.717) is 56.2 Å². The van der Waals surface area contributed by atoms with Crippen molar-refractivity contribution in [2.24, 2.45) is 13.0 Å². The number of halogens is 6. The quantitative estimate of drug-likeness (QED) is 0.203. The molecule has 1 saturated carbocycles. The van der Waals surface area contributed by atoms with Gasteiger partial charge in [-0.15, -0.1) is 0 Å². The van der Waals surface area contributed by atoms with Gasteiger partial charge in [-0.1, -0.05) is 13.8 Å². The highest BCUT2D eigenvalue weighted by atomic mass is 19.4. The van der Waals surface area contributed by atoms with Crippen molar-refractivity contribution in [3.8, 4) is 11.1 Å². The molecule has 3 heterocycles. The first-order valence-corrected chi connectivity index (χ1v) is 15.8. The number of hydrogen-bond donors (Lipinski definition) is 2. The van der Waals surface area contributed by atoms with E-state index in [1.807, 2.05) is 13.8 Å². The molecule has 262 valence electrons. The Morgan fingerprint density at radius 1 is 0.917 bits per heavy atom. The van der Waals surface area contributed by atoms with Crippen molar-refractivity contribution in [2.75, 3.05) is 4.90 Å². The minimum absolute atomic E-state index is 0.100. The summed E-state index contributed by atoms with van der Waals surface area (Å²) in [5, 5.41) is 22.9. The van der Waals surface area contributed by atoms with Gasteiger partial charge in [0.2, 0.25) is 5.95 Å². The lowest BCUT2D eigenvalue weighted by molar-refractivity contribution is -0.143. The van der Waals surface area contributed by atoms with Crippen LogP contribution >= 0.6 is 0 Å². The van der Waals surface area contributed by atoms with Crippen LogP contribution in [0.5, 0.6) is 0 Å². The van der Waals surface area contributed by atoms with Crippen molar-refractivity contribution in [3.05, 3.63) is 59.7 Å². The number of aryl methyl sites for hydroxylation is 1. The molecule has 5 rings (SSSR count). The molecule has 0 spiro atoms. The molecule has 2 N–H and O–H groups in total. The van der Waals surface area contributed by atoms with Crippen LogP contribution in [0.4, 0.5) is 37.1 Å². The highest BCUT2D eigenvalue weighted by Crippen LogP contribution is 2.39. The first-order valence-electron chi connectivity index (χ1n) is 15.8. The SMILES string of the molecule is CC[C@@H]1C[C@H](N(Cc2cc(C(F)(F)F)cc(C(F)(F)F)c2)c2ncc(-c3cnn(C)c3)cn2)C[C@H](CC)N1C(=O)O[C@H]1C[C@H](C(O)O)C1. The fourth-order valence-corrected chi connectivity index (χ4v) is 6.54. The number of nitrogens with zero attached hydrogens (tertiary/aromatic N) is 6. The zero-order valence-corrected chi connectivity index (χ0v) is 26.6. The van der Waals surface area contributed by atoms with Crippen LogP contribution in [-0.2, 0) is 30.7 Å².